The second kappa shape index (κ2) is 6.53. The molecule has 0 aromatic carbocycles. The molecule has 0 unspecified atom stereocenters. The molecule has 2 rings (SSSR count). The number of amides is 1. The summed E-state index contributed by atoms with van der Waals surface area (Å²) < 4.78 is 0.804. The van der Waals surface area contributed by atoms with Crippen LogP contribution in [0.1, 0.15) is 38.5 Å². The average molecular weight is 332 g/mol. The standard InChI is InChI=1S/C13H16BrClN2O/c14-10-7-11(13(15)16-8-10)17-12(18)6-5-9-3-1-2-4-9/h7-9H,1-6H2,(H,17,18). The fraction of sp³-hybridized carbons (Fsp3) is 0.538. The molecule has 18 heavy (non-hydrogen) atoms. The largest absolute Gasteiger partial charge is 0.323 e. The van der Waals surface area contributed by atoms with Crippen LogP contribution in [0.25, 0.3) is 0 Å². The van der Waals surface area contributed by atoms with Crippen LogP contribution in [0.3, 0.4) is 0 Å². The summed E-state index contributed by atoms with van der Waals surface area (Å²) in [7, 11) is 0. The van der Waals surface area contributed by atoms with E-state index in [1.807, 2.05) is 0 Å². The highest BCUT2D eigenvalue weighted by molar-refractivity contribution is 9.10. The van der Waals surface area contributed by atoms with Crippen LogP contribution in [0.4, 0.5) is 5.69 Å². The second-order valence-electron chi connectivity index (χ2n) is 4.73. The molecular formula is C13H16BrClN2O. The molecule has 0 bridgehead atoms. The zero-order valence-corrected chi connectivity index (χ0v) is 12.4. The van der Waals surface area contributed by atoms with Gasteiger partial charge in [-0.15, -0.1) is 0 Å². The van der Waals surface area contributed by atoms with E-state index in [0.717, 1.165) is 16.8 Å². The van der Waals surface area contributed by atoms with E-state index in [1.54, 1.807) is 12.3 Å². The highest BCUT2D eigenvalue weighted by Crippen LogP contribution is 2.29. The maximum atomic E-state index is 11.8. The van der Waals surface area contributed by atoms with Gasteiger partial charge in [0.25, 0.3) is 0 Å². The quantitative estimate of drug-likeness (QED) is 0.831. The molecular weight excluding hydrogens is 316 g/mol. The first-order valence-electron chi connectivity index (χ1n) is 6.26. The molecule has 1 fully saturated rings. The molecule has 1 amide bonds. The van der Waals surface area contributed by atoms with Gasteiger partial charge in [0.2, 0.25) is 5.91 Å². The maximum Gasteiger partial charge on any atom is 0.224 e. The Kier molecular flexibility index (Phi) is 5.01. The molecule has 1 aliphatic rings. The summed E-state index contributed by atoms with van der Waals surface area (Å²) in [5.74, 6) is 0.746. The predicted molar refractivity (Wildman–Crippen MR) is 76.8 cm³/mol. The van der Waals surface area contributed by atoms with E-state index in [2.05, 4.69) is 26.2 Å². The Morgan fingerprint density at radius 2 is 2.22 bits per heavy atom. The molecule has 0 spiro atoms. The van der Waals surface area contributed by atoms with Gasteiger partial charge in [-0.2, -0.15) is 0 Å². The Morgan fingerprint density at radius 3 is 2.94 bits per heavy atom. The van der Waals surface area contributed by atoms with E-state index in [-0.39, 0.29) is 5.91 Å². The third kappa shape index (κ3) is 3.95. The lowest BCUT2D eigenvalue weighted by atomic mass is 10.0. The van der Waals surface area contributed by atoms with Crippen molar-refractivity contribution in [2.75, 3.05) is 5.32 Å². The molecule has 0 radical (unpaired) electrons. The Morgan fingerprint density at radius 1 is 1.50 bits per heavy atom. The van der Waals surface area contributed by atoms with Gasteiger partial charge in [-0.3, -0.25) is 4.79 Å². The molecule has 0 atom stereocenters. The summed E-state index contributed by atoms with van der Waals surface area (Å²) in [5, 5.41) is 3.14. The van der Waals surface area contributed by atoms with Crippen molar-refractivity contribution in [2.24, 2.45) is 5.92 Å². The van der Waals surface area contributed by atoms with E-state index in [4.69, 9.17) is 11.6 Å². The molecule has 1 aromatic heterocycles. The number of carbonyl (C=O) groups excluding carboxylic acids is 1. The molecule has 1 saturated carbocycles. The van der Waals surface area contributed by atoms with Crippen LogP contribution < -0.4 is 5.32 Å². The van der Waals surface area contributed by atoms with Crippen LogP contribution in [-0.4, -0.2) is 10.9 Å². The van der Waals surface area contributed by atoms with Gasteiger partial charge in [0.1, 0.15) is 0 Å². The zero-order chi connectivity index (χ0) is 13.0. The summed E-state index contributed by atoms with van der Waals surface area (Å²) >= 11 is 9.23. The van der Waals surface area contributed by atoms with Gasteiger partial charge in [0, 0.05) is 17.1 Å². The number of hydrogen-bond donors (Lipinski definition) is 1. The first kappa shape index (κ1) is 13.8. The van der Waals surface area contributed by atoms with Crippen LogP contribution in [0, 0.1) is 5.92 Å². The molecule has 5 heteroatoms. The number of nitrogens with one attached hydrogen (secondary N) is 1. The number of aromatic nitrogens is 1. The van der Waals surface area contributed by atoms with E-state index < -0.39 is 0 Å². The van der Waals surface area contributed by atoms with E-state index in [0.29, 0.717) is 17.3 Å². The van der Waals surface area contributed by atoms with Gasteiger partial charge < -0.3 is 5.32 Å². The van der Waals surface area contributed by atoms with Crippen LogP contribution >= 0.6 is 27.5 Å². The Bertz CT molecular complexity index is 433. The normalized spacial score (nSPS) is 15.9. The minimum atomic E-state index is 0.0173. The van der Waals surface area contributed by atoms with Gasteiger partial charge >= 0.3 is 0 Å². The van der Waals surface area contributed by atoms with Crippen LogP contribution in [0.5, 0.6) is 0 Å². The monoisotopic (exact) mass is 330 g/mol. The fourth-order valence-electron chi connectivity index (χ4n) is 2.36. The van der Waals surface area contributed by atoms with Crippen molar-refractivity contribution in [1.82, 2.24) is 4.98 Å². The smallest absolute Gasteiger partial charge is 0.224 e. The van der Waals surface area contributed by atoms with Crippen molar-refractivity contribution in [3.05, 3.63) is 21.9 Å². The summed E-state index contributed by atoms with van der Waals surface area (Å²) in [6.07, 6.45) is 8.31. The van der Waals surface area contributed by atoms with Crippen LogP contribution in [0.15, 0.2) is 16.7 Å². The summed E-state index contributed by atoms with van der Waals surface area (Å²) in [4.78, 5) is 15.8. The second-order valence-corrected chi connectivity index (χ2v) is 6.00. The van der Waals surface area contributed by atoms with Crippen molar-refractivity contribution < 1.29 is 4.79 Å². The van der Waals surface area contributed by atoms with E-state index >= 15 is 0 Å². The first-order chi connectivity index (χ1) is 8.65. The third-order valence-electron chi connectivity index (χ3n) is 3.33. The Labute approximate surface area is 120 Å². The lowest BCUT2D eigenvalue weighted by Gasteiger charge is -2.10. The molecule has 1 heterocycles. The highest BCUT2D eigenvalue weighted by Gasteiger charge is 2.16. The van der Waals surface area contributed by atoms with Gasteiger partial charge in [0.05, 0.1) is 5.69 Å². The SMILES string of the molecule is O=C(CCC1CCCC1)Nc1cc(Br)cnc1Cl. The molecule has 1 aromatic rings. The number of carbonyl (C=O) groups is 1. The third-order valence-corrected chi connectivity index (χ3v) is 4.07. The van der Waals surface area contributed by atoms with E-state index in [1.165, 1.54) is 25.7 Å². The van der Waals surface area contributed by atoms with Crippen molar-refractivity contribution in [1.29, 1.82) is 0 Å². The number of anilines is 1. The number of hydrogen-bond acceptors (Lipinski definition) is 2. The lowest BCUT2D eigenvalue weighted by Crippen LogP contribution is -2.13. The van der Waals surface area contributed by atoms with Gasteiger partial charge in [0.15, 0.2) is 5.15 Å². The topological polar surface area (TPSA) is 42.0 Å². The van der Waals surface area contributed by atoms with Gasteiger partial charge in [-0.05, 0) is 34.3 Å². The minimum Gasteiger partial charge on any atom is -0.323 e. The predicted octanol–water partition coefficient (Wildman–Crippen LogP) is 4.41. The van der Waals surface area contributed by atoms with Crippen LogP contribution in [-0.2, 0) is 4.79 Å². The summed E-state index contributed by atoms with van der Waals surface area (Å²) in [5.41, 5.74) is 0.572. The van der Waals surface area contributed by atoms with Gasteiger partial charge in [-0.25, -0.2) is 4.98 Å². The first-order valence-corrected chi connectivity index (χ1v) is 7.43. The van der Waals surface area contributed by atoms with Crippen LogP contribution in [0.2, 0.25) is 5.15 Å². The maximum absolute atomic E-state index is 11.8. The molecule has 3 nitrogen and oxygen atoms in total. The van der Waals surface area contributed by atoms with Crippen molar-refractivity contribution in [3.63, 3.8) is 0 Å². The highest BCUT2D eigenvalue weighted by atomic mass is 79.9. The fourth-order valence-corrected chi connectivity index (χ4v) is 2.84. The number of nitrogens with zero attached hydrogens (tertiary/aromatic N) is 1. The Balaban J connectivity index is 1.84. The average Bonchev–Trinajstić information content (AvgIpc) is 2.84. The van der Waals surface area contributed by atoms with Crippen molar-refractivity contribution >= 4 is 39.1 Å². The molecule has 1 N–H and O–H groups in total. The number of halogens is 2. The van der Waals surface area contributed by atoms with Crippen molar-refractivity contribution in [2.45, 2.75) is 38.5 Å². The molecule has 98 valence electrons. The van der Waals surface area contributed by atoms with Gasteiger partial charge in [-0.1, -0.05) is 37.3 Å². The molecule has 1 aliphatic carbocycles. The van der Waals surface area contributed by atoms with Crippen molar-refractivity contribution in [3.8, 4) is 0 Å². The molecule has 0 saturated heterocycles. The summed E-state index contributed by atoms with van der Waals surface area (Å²) in [6, 6.07) is 1.77. The minimum absolute atomic E-state index is 0.0173. The Hall–Kier alpha value is -0.610. The zero-order valence-electron chi connectivity index (χ0n) is 10.1. The lowest BCUT2D eigenvalue weighted by molar-refractivity contribution is -0.116. The van der Waals surface area contributed by atoms with E-state index in [9.17, 15) is 4.79 Å². The number of pyridine rings is 1. The molecule has 0 aliphatic heterocycles. The summed E-state index contributed by atoms with van der Waals surface area (Å²) in [6.45, 7) is 0. The number of rotatable bonds is 4.